The number of nitrogens with zero attached hydrogens (tertiary/aromatic N) is 2. The number of carbonyl (C=O) groups is 1. The fraction of sp³-hybridized carbons (Fsp3) is 0.611. The van der Waals surface area contributed by atoms with E-state index in [-0.39, 0.29) is 23.6 Å². The molecule has 138 valence electrons. The normalized spacial score (nSPS) is 23.6. The molecule has 2 N–H and O–H groups in total. The summed E-state index contributed by atoms with van der Waals surface area (Å²) in [7, 11) is 1.46. The van der Waals surface area contributed by atoms with Crippen LogP contribution in [0.1, 0.15) is 19.8 Å². The van der Waals surface area contributed by atoms with Crippen molar-refractivity contribution in [2.75, 3.05) is 44.7 Å². The molecule has 0 aromatic heterocycles. The molecule has 0 saturated carbocycles. The summed E-state index contributed by atoms with van der Waals surface area (Å²) in [6.45, 7) is 5.75. The number of carbonyl (C=O) groups excluding carboxylic acids is 1. The first-order valence-corrected chi connectivity index (χ1v) is 8.99. The zero-order chi connectivity index (χ0) is 17.8. The summed E-state index contributed by atoms with van der Waals surface area (Å²) in [5.74, 6) is -0.114. The van der Waals surface area contributed by atoms with Crippen LogP contribution in [0.3, 0.4) is 0 Å². The van der Waals surface area contributed by atoms with Crippen LogP contribution in [0.2, 0.25) is 0 Å². The van der Waals surface area contributed by atoms with Gasteiger partial charge in [0.05, 0.1) is 7.11 Å². The zero-order valence-electron chi connectivity index (χ0n) is 14.9. The van der Waals surface area contributed by atoms with Crippen LogP contribution in [0, 0.1) is 5.82 Å². The Balaban J connectivity index is 1.53. The summed E-state index contributed by atoms with van der Waals surface area (Å²) in [5, 5.41) is 6.58. The molecule has 2 fully saturated rings. The van der Waals surface area contributed by atoms with Gasteiger partial charge in [-0.2, -0.15) is 0 Å². The molecule has 3 rings (SSSR count). The Bertz CT molecular complexity index is 605. The number of piperazine rings is 1. The van der Waals surface area contributed by atoms with Gasteiger partial charge in [0.15, 0.2) is 11.6 Å². The van der Waals surface area contributed by atoms with Crippen molar-refractivity contribution in [2.45, 2.75) is 31.8 Å². The van der Waals surface area contributed by atoms with Crippen LogP contribution in [0.15, 0.2) is 18.2 Å². The predicted octanol–water partition coefficient (Wildman–Crippen LogP) is 1.81. The molecule has 0 spiro atoms. The number of amides is 2. The van der Waals surface area contributed by atoms with Crippen molar-refractivity contribution < 1.29 is 13.9 Å². The number of urea groups is 1. The molecule has 2 heterocycles. The highest BCUT2D eigenvalue weighted by molar-refractivity contribution is 5.75. The smallest absolute Gasteiger partial charge is 0.317 e. The highest BCUT2D eigenvalue weighted by Gasteiger charge is 2.29. The quantitative estimate of drug-likeness (QED) is 0.870. The molecule has 0 unspecified atom stereocenters. The molecule has 1 aromatic rings. The molecular formula is C18H27FN4O2. The second kappa shape index (κ2) is 7.91. The van der Waals surface area contributed by atoms with E-state index in [2.05, 4.69) is 22.5 Å². The molecule has 0 aliphatic carbocycles. The van der Waals surface area contributed by atoms with Gasteiger partial charge in [-0.3, -0.25) is 0 Å². The second-order valence-corrected chi connectivity index (χ2v) is 6.61. The van der Waals surface area contributed by atoms with Crippen molar-refractivity contribution in [2.24, 2.45) is 0 Å². The number of hydrogen-bond donors (Lipinski definition) is 2. The van der Waals surface area contributed by atoms with Gasteiger partial charge in [0, 0.05) is 50.0 Å². The highest BCUT2D eigenvalue weighted by atomic mass is 19.1. The molecule has 2 atom stereocenters. The summed E-state index contributed by atoms with van der Waals surface area (Å²) in [6.07, 6.45) is 2.00. The number of methoxy groups -OCH3 is 1. The summed E-state index contributed by atoms with van der Waals surface area (Å²) in [6, 6.07) is 5.58. The van der Waals surface area contributed by atoms with Crippen LogP contribution in [0.25, 0.3) is 0 Å². The molecule has 2 aliphatic heterocycles. The topological polar surface area (TPSA) is 56.8 Å². The third-order valence-corrected chi connectivity index (χ3v) is 5.16. The molecule has 25 heavy (non-hydrogen) atoms. The van der Waals surface area contributed by atoms with Crippen LogP contribution in [0.5, 0.6) is 5.75 Å². The van der Waals surface area contributed by atoms with Gasteiger partial charge in [-0.25, -0.2) is 9.18 Å². The van der Waals surface area contributed by atoms with Gasteiger partial charge in [-0.15, -0.1) is 0 Å². The third-order valence-electron chi connectivity index (χ3n) is 5.16. The number of ether oxygens (including phenoxy) is 1. The van der Waals surface area contributed by atoms with Gasteiger partial charge in [0.25, 0.3) is 0 Å². The minimum atomic E-state index is -0.362. The number of rotatable bonds is 4. The van der Waals surface area contributed by atoms with Gasteiger partial charge in [-0.05, 0) is 31.5 Å². The van der Waals surface area contributed by atoms with Crippen LogP contribution in [-0.4, -0.2) is 62.8 Å². The predicted molar refractivity (Wildman–Crippen MR) is 95.8 cm³/mol. The molecular weight excluding hydrogens is 323 g/mol. The molecule has 2 saturated heterocycles. The Morgan fingerprint density at radius 2 is 2.12 bits per heavy atom. The SMILES string of the molecule is CC[C@@H]1NCC[C@H]1NC(=O)N1CCN(c2ccc(OC)c(F)c2)CC1. The number of benzene rings is 1. The summed E-state index contributed by atoms with van der Waals surface area (Å²) >= 11 is 0. The van der Waals surface area contributed by atoms with E-state index in [4.69, 9.17) is 4.74 Å². The van der Waals surface area contributed by atoms with E-state index >= 15 is 0 Å². The number of nitrogens with one attached hydrogen (secondary N) is 2. The molecule has 7 heteroatoms. The van der Waals surface area contributed by atoms with E-state index < -0.39 is 0 Å². The third kappa shape index (κ3) is 3.98. The largest absolute Gasteiger partial charge is 0.494 e. The Labute approximate surface area is 148 Å². The molecule has 1 aromatic carbocycles. The Kier molecular flexibility index (Phi) is 5.63. The summed E-state index contributed by atoms with van der Waals surface area (Å²) in [5.41, 5.74) is 0.824. The molecule has 2 amide bonds. The maximum Gasteiger partial charge on any atom is 0.317 e. The van der Waals surface area contributed by atoms with Crippen LogP contribution < -0.4 is 20.3 Å². The summed E-state index contributed by atoms with van der Waals surface area (Å²) in [4.78, 5) is 16.4. The number of anilines is 1. The fourth-order valence-corrected chi connectivity index (χ4v) is 3.64. The number of halogens is 1. The Morgan fingerprint density at radius 1 is 1.36 bits per heavy atom. The maximum absolute atomic E-state index is 13.9. The van der Waals surface area contributed by atoms with Crippen molar-refractivity contribution in [1.29, 1.82) is 0 Å². The first kappa shape index (κ1) is 17.8. The Hall–Kier alpha value is -2.02. The lowest BCUT2D eigenvalue weighted by Gasteiger charge is -2.37. The zero-order valence-corrected chi connectivity index (χ0v) is 14.9. The van der Waals surface area contributed by atoms with Gasteiger partial charge in [0.1, 0.15) is 0 Å². The monoisotopic (exact) mass is 350 g/mol. The van der Waals surface area contributed by atoms with E-state index in [0.29, 0.717) is 32.2 Å². The van der Waals surface area contributed by atoms with Crippen molar-refractivity contribution >= 4 is 11.7 Å². The molecule has 0 radical (unpaired) electrons. The lowest BCUT2D eigenvalue weighted by atomic mass is 10.1. The van der Waals surface area contributed by atoms with Gasteiger partial charge in [0.2, 0.25) is 0 Å². The Morgan fingerprint density at radius 3 is 2.76 bits per heavy atom. The lowest BCUT2D eigenvalue weighted by Crippen LogP contribution is -2.55. The van der Waals surface area contributed by atoms with Gasteiger partial charge >= 0.3 is 6.03 Å². The minimum Gasteiger partial charge on any atom is -0.494 e. The highest BCUT2D eigenvalue weighted by Crippen LogP contribution is 2.24. The van der Waals surface area contributed by atoms with Crippen molar-refractivity contribution in [3.05, 3.63) is 24.0 Å². The first-order valence-electron chi connectivity index (χ1n) is 8.99. The van der Waals surface area contributed by atoms with Crippen LogP contribution in [-0.2, 0) is 0 Å². The lowest BCUT2D eigenvalue weighted by molar-refractivity contribution is 0.189. The fourth-order valence-electron chi connectivity index (χ4n) is 3.64. The van der Waals surface area contributed by atoms with Gasteiger partial charge in [-0.1, -0.05) is 6.92 Å². The standard InChI is InChI=1S/C18H27FN4O2/c1-3-15-16(6-7-20-15)21-18(24)23-10-8-22(9-11-23)13-4-5-17(25-2)14(19)12-13/h4-5,12,15-16,20H,3,6-11H2,1-2H3,(H,21,24)/t15-,16+/m0/s1. The van der Waals surface area contributed by atoms with Crippen LogP contribution >= 0.6 is 0 Å². The molecule has 2 aliphatic rings. The maximum atomic E-state index is 13.9. The molecule has 6 nitrogen and oxygen atoms in total. The van der Waals surface area contributed by atoms with E-state index in [9.17, 15) is 9.18 Å². The summed E-state index contributed by atoms with van der Waals surface area (Å²) < 4.78 is 18.8. The van der Waals surface area contributed by atoms with Crippen molar-refractivity contribution in [3.8, 4) is 5.75 Å². The minimum absolute atomic E-state index is 0.00714. The van der Waals surface area contributed by atoms with E-state index in [1.165, 1.54) is 13.2 Å². The second-order valence-electron chi connectivity index (χ2n) is 6.61. The van der Waals surface area contributed by atoms with E-state index in [1.807, 2.05) is 11.0 Å². The first-order chi connectivity index (χ1) is 12.1. The van der Waals surface area contributed by atoms with Crippen LogP contribution in [0.4, 0.5) is 14.9 Å². The average Bonchev–Trinajstić information content (AvgIpc) is 3.09. The number of hydrogen-bond acceptors (Lipinski definition) is 4. The van der Waals surface area contributed by atoms with Crippen molar-refractivity contribution in [1.82, 2.24) is 15.5 Å². The van der Waals surface area contributed by atoms with Gasteiger partial charge < -0.3 is 25.2 Å². The van der Waals surface area contributed by atoms with E-state index in [0.717, 1.165) is 25.1 Å². The molecule has 0 bridgehead atoms. The average molecular weight is 350 g/mol. The van der Waals surface area contributed by atoms with E-state index in [1.54, 1.807) is 6.07 Å². The van der Waals surface area contributed by atoms with Crippen molar-refractivity contribution in [3.63, 3.8) is 0 Å².